The van der Waals surface area contributed by atoms with Crippen LogP contribution >= 0.6 is 11.8 Å². The second-order valence-corrected chi connectivity index (χ2v) is 10.7. The number of likely N-dealkylation sites (tertiary alicyclic amines) is 1. The van der Waals surface area contributed by atoms with Crippen molar-refractivity contribution in [1.29, 1.82) is 0 Å². The number of carbonyl (C=O) groups is 3. The molecule has 0 aromatic rings. The first kappa shape index (κ1) is 24.4. The summed E-state index contributed by atoms with van der Waals surface area (Å²) >= 11 is 1.69. The maximum Gasteiger partial charge on any atom is 0.310 e. The number of thioether (sulfide) groups is 1. The van der Waals surface area contributed by atoms with E-state index in [1.807, 2.05) is 0 Å². The highest BCUT2D eigenvalue weighted by Gasteiger charge is 2.76. The normalized spacial score (nSPS) is 33.6. The van der Waals surface area contributed by atoms with Gasteiger partial charge in [-0.2, -0.15) is 0 Å². The van der Waals surface area contributed by atoms with Crippen molar-refractivity contribution in [2.45, 2.75) is 81.8 Å². The average molecular weight is 455 g/mol. The molecule has 0 aromatic heterocycles. The Labute approximate surface area is 190 Å². The number of carbonyl (C=O) groups excluding carboxylic acids is 3. The van der Waals surface area contributed by atoms with Gasteiger partial charge in [0.15, 0.2) is 0 Å². The monoisotopic (exact) mass is 454 g/mol. The van der Waals surface area contributed by atoms with Gasteiger partial charge in [-0.15, -0.1) is 11.8 Å². The minimum Gasteiger partial charge on any atom is -0.466 e. The molecule has 6 atom stereocenters. The van der Waals surface area contributed by atoms with Crippen molar-refractivity contribution < 1.29 is 24.2 Å². The summed E-state index contributed by atoms with van der Waals surface area (Å²) in [6, 6.07) is -0.538. The number of rotatable bonds is 12. The van der Waals surface area contributed by atoms with Crippen LogP contribution in [-0.4, -0.2) is 70.1 Å². The summed E-state index contributed by atoms with van der Waals surface area (Å²) in [6.45, 7) is 7.59. The van der Waals surface area contributed by atoms with Gasteiger partial charge in [0.25, 0.3) is 0 Å². The van der Waals surface area contributed by atoms with E-state index in [0.29, 0.717) is 19.7 Å². The molecule has 7 nitrogen and oxygen atoms in total. The standard InChI is InChI=1S/C23H38N2O5S/c1-4-6-11-24-20(27)19-23-15(3)14-16(31-23)17(22(29)30-5-2)18(23)21(28)25(19)12-9-7-8-10-13-26/h15-19,26H,4-14H2,1-3H3,(H,24,27)/t15?,16-,17+,18+,19?,23?/m1/s1. The fraction of sp³-hybridized carbons (Fsp3) is 0.870. The Balaban J connectivity index is 1.87. The number of fused-ring (bicyclic) bond motifs is 1. The van der Waals surface area contributed by atoms with Crippen LogP contribution in [0.1, 0.15) is 65.7 Å². The van der Waals surface area contributed by atoms with Crippen molar-refractivity contribution in [3.05, 3.63) is 0 Å². The second kappa shape index (κ2) is 10.6. The van der Waals surface area contributed by atoms with Crippen molar-refractivity contribution >= 4 is 29.5 Å². The molecule has 31 heavy (non-hydrogen) atoms. The third-order valence-electron chi connectivity index (χ3n) is 7.19. The van der Waals surface area contributed by atoms with Gasteiger partial charge in [-0.05, 0) is 38.5 Å². The highest BCUT2D eigenvalue weighted by Crippen LogP contribution is 2.68. The first-order valence-corrected chi connectivity index (χ1v) is 12.8. The van der Waals surface area contributed by atoms with Crippen molar-refractivity contribution in [3.63, 3.8) is 0 Å². The van der Waals surface area contributed by atoms with Crippen molar-refractivity contribution in [2.24, 2.45) is 17.8 Å². The summed E-state index contributed by atoms with van der Waals surface area (Å²) in [5.41, 5.74) is 0. The van der Waals surface area contributed by atoms with Gasteiger partial charge in [-0.1, -0.05) is 33.1 Å². The number of esters is 1. The van der Waals surface area contributed by atoms with E-state index in [4.69, 9.17) is 9.84 Å². The molecule has 176 valence electrons. The van der Waals surface area contributed by atoms with E-state index in [2.05, 4.69) is 19.2 Å². The molecule has 2 amide bonds. The quantitative estimate of drug-likeness (QED) is 0.347. The third kappa shape index (κ3) is 4.34. The van der Waals surface area contributed by atoms with Gasteiger partial charge in [0.1, 0.15) is 6.04 Å². The molecule has 2 bridgehead atoms. The molecule has 0 aromatic carbocycles. The maximum absolute atomic E-state index is 13.7. The predicted molar refractivity (Wildman–Crippen MR) is 120 cm³/mol. The number of hydrogen-bond donors (Lipinski definition) is 2. The Bertz CT molecular complexity index is 674. The summed E-state index contributed by atoms with van der Waals surface area (Å²) < 4.78 is 4.80. The summed E-state index contributed by atoms with van der Waals surface area (Å²) in [4.78, 5) is 41.7. The highest BCUT2D eigenvalue weighted by molar-refractivity contribution is 8.02. The zero-order chi connectivity index (χ0) is 22.6. The Kier molecular flexibility index (Phi) is 8.30. The Morgan fingerprint density at radius 2 is 1.97 bits per heavy atom. The molecule has 0 aliphatic carbocycles. The second-order valence-electron chi connectivity index (χ2n) is 9.12. The first-order chi connectivity index (χ1) is 14.9. The number of unbranched alkanes of at least 4 members (excludes halogenated alkanes) is 4. The smallest absolute Gasteiger partial charge is 0.310 e. The molecule has 1 spiro atoms. The lowest BCUT2D eigenvalue weighted by atomic mass is 9.66. The number of hydrogen-bond acceptors (Lipinski definition) is 6. The molecule has 8 heteroatoms. The lowest BCUT2D eigenvalue weighted by Crippen LogP contribution is -2.56. The first-order valence-electron chi connectivity index (χ1n) is 12.0. The molecular weight excluding hydrogens is 416 g/mol. The maximum atomic E-state index is 13.7. The van der Waals surface area contributed by atoms with Gasteiger partial charge in [0.05, 0.1) is 23.2 Å². The van der Waals surface area contributed by atoms with Crippen LogP contribution < -0.4 is 5.32 Å². The molecule has 0 saturated carbocycles. The Morgan fingerprint density at radius 1 is 1.23 bits per heavy atom. The predicted octanol–water partition coefficient (Wildman–Crippen LogP) is 2.36. The molecule has 3 aliphatic heterocycles. The summed E-state index contributed by atoms with van der Waals surface area (Å²) in [5, 5.41) is 12.1. The molecule has 3 unspecified atom stereocenters. The molecular formula is C23H38N2O5S. The molecule has 2 N–H and O–H groups in total. The lowest BCUT2D eigenvalue weighted by Gasteiger charge is -2.38. The van der Waals surface area contributed by atoms with Gasteiger partial charge < -0.3 is 20.1 Å². The van der Waals surface area contributed by atoms with Crippen LogP contribution in [0.3, 0.4) is 0 Å². The van der Waals surface area contributed by atoms with Gasteiger partial charge in [0.2, 0.25) is 11.8 Å². The van der Waals surface area contributed by atoms with Crippen LogP contribution in [0.25, 0.3) is 0 Å². The Morgan fingerprint density at radius 3 is 2.65 bits per heavy atom. The fourth-order valence-corrected chi connectivity index (χ4v) is 8.21. The number of ether oxygens (including phenoxy) is 1. The van der Waals surface area contributed by atoms with Gasteiger partial charge in [-0.3, -0.25) is 14.4 Å². The SMILES string of the molecule is CCCCNC(=O)C1N(CCCCCCO)C(=O)[C@@H]2[C@@H](C(=O)OCC)[C@H]3CC(C)C12S3. The van der Waals surface area contributed by atoms with E-state index in [1.54, 1.807) is 23.6 Å². The molecule has 3 rings (SSSR count). The average Bonchev–Trinajstić information content (AvgIpc) is 3.32. The summed E-state index contributed by atoms with van der Waals surface area (Å²) in [6.07, 6.45) is 6.07. The van der Waals surface area contributed by atoms with Crippen molar-refractivity contribution in [3.8, 4) is 0 Å². The van der Waals surface area contributed by atoms with Crippen LogP contribution in [0.5, 0.6) is 0 Å². The number of amides is 2. The van der Waals surface area contributed by atoms with E-state index in [0.717, 1.165) is 44.9 Å². The van der Waals surface area contributed by atoms with Crippen LogP contribution in [0.2, 0.25) is 0 Å². The van der Waals surface area contributed by atoms with Crippen molar-refractivity contribution in [1.82, 2.24) is 10.2 Å². The zero-order valence-electron chi connectivity index (χ0n) is 19.1. The van der Waals surface area contributed by atoms with E-state index in [1.165, 1.54) is 0 Å². The molecule has 3 fully saturated rings. The molecule has 3 saturated heterocycles. The van der Waals surface area contributed by atoms with E-state index in [-0.39, 0.29) is 35.6 Å². The van der Waals surface area contributed by atoms with E-state index >= 15 is 0 Å². The van der Waals surface area contributed by atoms with Crippen LogP contribution in [-0.2, 0) is 19.1 Å². The lowest BCUT2D eigenvalue weighted by molar-refractivity contribution is -0.154. The highest BCUT2D eigenvalue weighted by atomic mass is 32.2. The van der Waals surface area contributed by atoms with Crippen molar-refractivity contribution in [2.75, 3.05) is 26.3 Å². The number of nitrogens with one attached hydrogen (secondary N) is 1. The van der Waals surface area contributed by atoms with E-state index in [9.17, 15) is 14.4 Å². The van der Waals surface area contributed by atoms with Crippen LogP contribution in [0, 0.1) is 17.8 Å². The minimum atomic E-state index is -0.555. The third-order valence-corrected chi connectivity index (χ3v) is 9.27. The fourth-order valence-electron chi connectivity index (χ4n) is 5.80. The summed E-state index contributed by atoms with van der Waals surface area (Å²) in [7, 11) is 0. The molecule has 0 radical (unpaired) electrons. The summed E-state index contributed by atoms with van der Waals surface area (Å²) in [5.74, 6) is -1.18. The Hall–Kier alpha value is -1.28. The molecule has 3 heterocycles. The minimum absolute atomic E-state index is 0.0423. The zero-order valence-corrected chi connectivity index (χ0v) is 19.9. The van der Waals surface area contributed by atoms with Crippen LogP contribution in [0.4, 0.5) is 0 Å². The van der Waals surface area contributed by atoms with E-state index < -0.39 is 22.6 Å². The number of aliphatic hydroxyl groups excluding tert-OH is 1. The largest absolute Gasteiger partial charge is 0.466 e. The van der Waals surface area contributed by atoms with Gasteiger partial charge in [0, 0.05) is 24.9 Å². The number of aliphatic hydroxyl groups is 1. The molecule has 3 aliphatic rings. The number of nitrogens with zero attached hydrogens (tertiary/aromatic N) is 1. The topological polar surface area (TPSA) is 95.9 Å². The van der Waals surface area contributed by atoms with Gasteiger partial charge >= 0.3 is 5.97 Å². The van der Waals surface area contributed by atoms with Gasteiger partial charge in [-0.25, -0.2) is 0 Å². The van der Waals surface area contributed by atoms with Crippen LogP contribution in [0.15, 0.2) is 0 Å².